The van der Waals surface area contributed by atoms with Gasteiger partial charge >= 0.3 is 5.69 Å². The molecule has 0 aromatic carbocycles. The van der Waals surface area contributed by atoms with E-state index in [4.69, 9.17) is 5.73 Å². The van der Waals surface area contributed by atoms with Crippen LogP contribution < -0.4 is 17.0 Å². The monoisotopic (exact) mass is 404 g/mol. The number of anilines is 1. The Balaban J connectivity index is 1.96. The summed E-state index contributed by atoms with van der Waals surface area (Å²) < 4.78 is 2.32. The van der Waals surface area contributed by atoms with Gasteiger partial charge in [-0.15, -0.1) is 11.3 Å². The second-order valence-electron chi connectivity index (χ2n) is 7.78. The Hall–Kier alpha value is -2.19. The van der Waals surface area contributed by atoms with Crippen LogP contribution in [-0.2, 0) is 20.0 Å². The molecule has 0 saturated carbocycles. The maximum absolute atomic E-state index is 13.1. The Labute approximate surface area is 168 Å². The number of rotatable bonds is 6. The first-order valence-corrected chi connectivity index (χ1v) is 10.6. The van der Waals surface area contributed by atoms with Gasteiger partial charge in [0.05, 0.1) is 6.54 Å². The molecule has 2 aromatic rings. The average molecular weight is 405 g/mol. The molecule has 1 aliphatic rings. The van der Waals surface area contributed by atoms with Crippen molar-refractivity contribution in [3.8, 4) is 0 Å². The van der Waals surface area contributed by atoms with Crippen LogP contribution in [0.15, 0.2) is 21.0 Å². The third kappa shape index (κ3) is 3.58. The van der Waals surface area contributed by atoms with Crippen molar-refractivity contribution in [1.82, 2.24) is 14.0 Å². The second kappa shape index (κ2) is 8.05. The highest BCUT2D eigenvalue weighted by Crippen LogP contribution is 2.35. The van der Waals surface area contributed by atoms with Crippen LogP contribution in [0.4, 0.5) is 5.82 Å². The van der Waals surface area contributed by atoms with E-state index in [1.54, 1.807) is 11.3 Å². The molecule has 8 heteroatoms. The molecule has 1 atom stereocenters. The number of ketones is 1. The molecule has 0 radical (unpaired) electrons. The van der Waals surface area contributed by atoms with Gasteiger partial charge in [0.15, 0.2) is 5.78 Å². The van der Waals surface area contributed by atoms with Gasteiger partial charge in [-0.05, 0) is 35.8 Å². The van der Waals surface area contributed by atoms with Crippen LogP contribution in [0.3, 0.4) is 0 Å². The number of carbonyl (C=O) groups is 1. The van der Waals surface area contributed by atoms with Crippen molar-refractivity contribution in [3.05, 3.63) is 48.3 Å². The molecule has 3 rings (SSSR count). The minimum Gasteiger partial charge on any atom is -0.384 e. The first-order chi connectivity index (χ1) is 13.3. The zero-order chi connectivity index (χ0) is 20.6. The number of carbonyl (C=O) groups excluding carboxylic acids is 1. The van der Waals surface area contributed by atoms with E-state index >= 15 is 0 Å². The summed E-state index contributed by atoms with van der Waals surface area (Å²) in [6.07, 6.45) is 1.79. The number of hydrogen-bond donors (Lipinski definition) is 1. The number of Topliss-reactive ketones (excluding diaryl/α,β-unsaturated/α-hetero) is 1. The maximum Gasteiger partial charge on any atom is 0.332 e. The highest BCUT2D eigenvalue weighted by atomic mass is 32.1. The van der Waals surface area contributed by atoms with E-state index in [0.717, 1.165) is 24.0 Å². The van der Waals surface area contributed by atoms with Gasteiger partial charge in [0.1, 0.15) is 11.4 Å². The van der Waals surface area contributed by atoms with Crippen molar-refractivity contribution in [2.75, 3.05) is 18.8 Å². The lowest BCUT2D eigenvalue weighted by Crippen LogP contribution is -2.45. The lowest BCUT2D eigenvalue weighted by molar-refractivity contribution is 0.0876. The molecule has 3 heterocycles. The summed E-state index contributed by atoms with van der Waals surface area (Å²) in [6.45, 7) is 7.26. The highest BCUT2D eigenvalue weighted by Gasteiger charge is 2.30. The van der Waals surface area contributed by atoms with Crippen LogP contribution in [-0.4, -0.2) is 32.9 Å². The normalized spacial score (nSPS) is 17.1. The highest BCUT2D eigenvalue weighted by molar-refractivity contribution is 7.10. The van der Waals surface area contributed by atoms with Gasteiger partial charge in [0.25, 0.3) is 5.56 Å². The Morgan fingerprint density at radius 3 is 2.71 bits per heavy atom. The van der Waals surface area contributed by atoms with E-state index in [-0.39, 0.29) is 35.7 Å². The smallest absolute Gasteiger partial charge is 0.332 e. The first-order valence-electron chi connectivity index (χ1n) is 9.69. The largest absolute Gasteiger partial charge is 0.384 e. The predicted octanol–water partition coefficient (Wildman–Crippen LogP) is 2.04. The molecule has 2 aromatic heterocycles. The molecular weight excluding hydrogens is 376 g/mol. The van der Waals surface area contributed by atoms with Crippen LogP contribution >= 0.6 is 11.3 Å². The van der Waals surface area contributed by atoms with E-state index in [9.17, 15) is 14.4 Å². The van der Waals surface area contributed by atoms with Gasteiger partial charge in [-0.25, -0.2) is 4.79 Å². The predicted molar refractivity (Wildman–Crippen MR) is 112 cm³/mol. The Kier molecular flexibility index (Phi) is 5.90. The number of aromatic nitrogens is 2. The summed E-state index contributed by atoms with van der Waals surface area (Å²) in [5.41, 5.74) is 6.24. The lowest BCUT2D eigenvalue weighted by atomic mass is 9.97. The molecule has 0 amide bonds. The van der Waals surface area contributed by atoms with Crippen molar-refractivity contribution < 1.29 is 4.79 Å². The van der Waals surface area contributed by atoms with Gasteiger partial charge in [-0.1, -0.05) is 20.8 Å². The Morgan fingerprint density at radius 2 is 2.07 bits per heavy atom. The van der Waals surface area contributed by atoms with Crippen molar-refractivity contribution in [3.63, 3.8) is 0 Å². The van der Waals surface area contributed by atoms with Crippen molar-refractivity contribution in [2.45, 2.75) is 46.2 Å². The van der Waals surface area contributed by atoms with Gasteiger partial charge < -0.3 is 5.73 Å². The summed E-state index contributed by atoms with van der Waals surface area (Å²) in [6, 6.07) is 2.28. The molecule has 152 valence electrons. The molecule has 0 fully saturated rings. The van der Waals surface area contributed by atoms with Crippen LogP contribution in [0.2, 0.25) is 0 Å². The minimum atomic E-state index is -0.617. The fourth-order valence-corrected chi connectivity index (χ4v) is 4.89. The van der Waals surface area contributed by atoms with Gasteiger partial charge in [0, 0.05) is 31.1 Å². The summed E-state index contributed by atoms with van der Waals surface area (Å²) >= 11 is 1.75. The number of nitrogens with zero attached hydrogens (tertiary/aromatic N) is 3. The van der Waals surface area contributed by atoms with Crippen LogP contribution in [0.5, 0.6) is 0 Å². The Bertz CT molecular complexity index is 1000. The molecule has 28 heavy (non-hydrogen) atoms. The lowest BCUT2D eigenvalue weighted by Gasteiger charge is -2.34. The molecule has 0 saturated heterocycles. The molecule has 2 N–H and O–H groups in total. The van der Waals surface area contributed by atoms with E-state index in [1.807, 2.05) is 13.8 Å². The van der Waals surface area contributed by atoms with Crippen molar-refractivity contribution >= 4 is 22.9 Å². The number of nitrogens with two attached hydrogens (primary N) is 1. The first kappa shape index (κ1) is 20.5. The van der Waals surface area contributed by atoms with E-state index in [1.165, 1.54) is 22.1 Å². The number of fused-ring (bicyclic) bond motifs is 1. The molecule has 0 bridgehead atoms. The van der Waals surface area contributed by atoms with Crippen molar-refractivity contribution in [1.29, 1.82) is 0 Å². The third-order valence-electron chi connectivity index (χ3n) is 5.35. The van der Waals surface area contributed by atoms with Gasteiger partial charge in [0.2, 0.25) is 0 Å². The van der Waals surface area contributed by atoms with Crippen molar-refractivity contribution in [2.24, 2.45) is 13.0 Å². The molecular formula is C20H28N4O3S. The van der Waals surface area contributed by atoms with Crippen LogP contribution in [0, 0.1) is 5.92 Å². The fourth-order valence-electron chi connectivity index (χ4n) is 3.97. The molecule has 0 spiro atoms. The summed E-state index contributed by atoms with van der Waals surface area (Å²) in [5.74, 6) is -0.190. The van der Waals surface area contributed by atoms with E-state index < -0.39 is 11.2 Å². The van der Waals surface area contributed by atoms with Gasteiger partial charge in [-0.2, -0.15) is 0 Å². The molecule has 1 aliphatic heterocycles. The summed E-state index contributed by atoms with van der Waals surface area (Å²) in [5, 5.41) is 2.09. The Morgan fingerprint density at radius 1 is 1.36 bits per heavy atom. The summed E-state index contributed by atoms with van der Waals surface area (Å²) in [7, 11) is 1.39. The zero-order valence-electron chi connectivity index (χ0n) is 16.9. The second-order valence-corrected chi connectivity index (χ2v) is 8.78. The number of hydrogen-bond acceptors (Lipinski definition) is 6. The van der Waals surface area contributed by atoms with Crippen LogP contribution in [0.25, 0.3) is 0 Å². The minimum absolute atomic E-state index is 0.0203. The average Bonchev–Trinajstić information content (AvgIpc) is 3.12. The molecule has 0 aliphatic carbocycles. The fraction of sp³-hybridized carbons (Fsp3) is 0.550. The van der Waals surface area contributed by atoms with Crippen LogP contribution in [0.1, 0.15) is 54.0 Å². The van der Waals surface area contributed by atoms with E-state index in [0.29, 0.717) is 6.54 Å². The summed E-state index contributed by atoms with van der Waals surface area (Å²) in [4.78, 5) is 41.7. The topological polar surface area (TPSA) is 90.3 Å². The number of thiophene rings is 1. The van der Waals surface area contributed by atoms with Gasteiger partial charge in [-0.3, -0.25) is 23.6 Å². The van der Waals surface area contributed by atoms with E-state index in [2.05, 4.69) is 23.3 Å². The number of nitrogen functional groups attached to an aromatic ring is 1. The third-order valence-corrected chi connectivity index (χ3v) is 6.35. The SMILES string of the molecule is CCC1c2ccsc2CCN1CC(=O)c1c(N)n(CC(C)C)c(=O)n(C)c1=O. The quantitative estimate of drug-likeness (QED) is 0.744. The standard InChI is InChI=1S/C20H28N4O3S/c1-5-14-13-7-9-28-16(13)6-8-23(14)11-15(25)17-18(21)24(10-12(2)3)20(27)22(4)19(17)26/h7,9,12,14H,5-6,8,10-11,21H2,1-4H3. The molecule has 7 nitrogen and oxygen atoms in total. The zero-order valence-corrected chi connectivity index (χ0v) is 17.7. The maximum atomic E-state index is 13.1. The molecule has 1 unspecified atom stereocenters.